The van der Waals surface area contributed by atoms with Gasteiger partial charge < -0.3 is 5.32 Å². The summed E-state index contributed by atoms with van der Waals surface area (Å²) in [5.74, 6) is 0.794. The van der Waals surface area contributed by atoms with E-state index in [1.165, 1.54) is 11.8 Å². The minimum atomic E-state index is 0.794. The van der Waals surface area contributed by atoms with Crippen LogP contribution in [0, 0.1) is 0 Å². The van der Waals surface area contributed by atoms with Gasteiger partial charge in [-0.05, 0) is 62.7 Å². The number of pyridine rings is 1. The highest BCUT2D eigenvalue weighted by molar-refractivity contribution is 9.11. The summed E-state index contributed by atoms with van der Waals surface area (Å²) in [4.78, 5) is 12.7. The number of hydrogen-bond acceptors (Lipinski definition) is 5. The summed E-state index contributed by atoms with van der Waals surface area (Å²) >= 11 is 8.47. The summed E-state index contributed by atoms with van der Waals surface area (Å²) in [5.41, 5.74) is 0. The third-order valence-corrected chi connectivity index (χ3v) is 4.96. The number of nitrogens with zero attached hydrogens (tertiary/aromatic N) is 3. The number of rotatable bonds is 4. The van der Waals surface area contributed by atoms with E-state index in [1.807, 2.05) is 19.1 Å². The molecule has 0 saturated heterocycles. The Morgan fingerprint density at radius 3 is 2.78 bits per heavy atom. The van der Waals surface area contributed by atoms with Crippen molar-refractivity contribution in [1.82, 2.24) is 15.0 Å². The Morgan fingerprint density at radius 1 is 1.22 bits per heavy atom. The Morgan fingerprint density at radius 2 is 2.06 bits per heavy atom. The second-order valence-electron chi connectivity index (χ2n) is 3.26. The van der Waals surface area contributed by atoms with E-state index in [4.69, 9.17) is 0 Å². The summed E-state index contributed by atoms with van der Waals surface area (Å²) in [7, 11) is 0. The molecular formula is C11H10Br2N4S. The van der Waals surface area contributed by atoms with Crippen molar-refractivity contribution in [3.63, 3.8) is 0 Å². The molecule has 0 spiro atoms. The highest BCUT2D eigenvalue weighted by Gasteiger charge is 2.11. The fourth-order valence-corrected chi connectivity index (χ4v) is 3.09. The zero-order valence-electron chi connectivity index (χ0n) is 9.52. The molecule has 2 heterocycles. The second kappa shape index (κ2) is 6.49. The van der Waals surface area contributed by atoms with Crippen molar-refractivity contribution in [3.8, 4) is 0 Å². The first kappa shape index (κ1) is 13.8. The van der Waals surface area contributed by atoms with Crippen LogP contribution in [0.1, 0.15) is 6.92 Å². The fraction of sp³-hybridized carbons (Fsp3) is 0.182. The van der Waals surface area contributed by atoms with Crippen molar-refractivity contribution < 1.29 is 0 Å². The van der Waals surface area contributed by atoms with Gasteiger partial charge in [-0.2, -0.15) is 0 Å². The lowest BCUT2D eigenvalue weighted by molar-refractivity contribution is 1.00. The molecule has 4 nitrogen and oxygen atoms in total. The summed E-state index contributed by atoms with van der Waals surface area (Å²) in [5, 5.41) is 4.88. The van der Waals surface area contributed by atoms with Gasteiger partial charge in [0.2, 0.25) is 0 Å². The number of nitrogens with one attached hydrogen (secondary N) is 1. The van der Waals surface area contributed by atoms with E-state index in [1.54, 1.807) is 12.5 Å². The van der Waals surface area contributed by atoms with Crippen LogP contribution in [0.3, 0.4) is 0 Å². The summed E-state index contributed by atoms with van der Waals surface area (Å²) < 4.78 is 1.81. The van der Waals surface area contributed by atoms with Crippen molar-refractivity contribution in [2.45, 2.75) is 17.0 Å². The second-order valence-corrected chi connectivity index (χ2v) is 5.89. The van der Waals surface area contributed by atoms with E-state index < -0.39 is 0 Å². The lowest BCUT2D eigenvalue weighted by Gasteiger charge is -2.08. The molecule has 0 saturated carbocycles. The van der Waals surface area contributed by atoms with Gasteiger partial charge >= 0.3 is 0 Å². The quantitative estimate of drug-likeness (QED) is 0.801. The molecule has 1 N–H and O–H groups in total. The van der Waals surface area contributed by atoms with Crippen LogP contribution in [0.2, 0.25) is 0 Å². The summed E-state index contributed by atoms with van der Waals surface area (Å²) in [6.07, 6.45) is 3.30. The zero-order valence-corrected chi connectivity index (χ0v) is 13.5. The van der Waals surface area contributed by atoms with Crippen LogP contribution < -0.4 is 5.32 Å². The number of hydrogen-bond donors (Lipinski definition) is 1. The predicted octanol–water partition coefficient (Wildman–Crippen LogP) is 3.98. The molecule has 0 aliphatic rings. The summed E-state index contributed by atoms with van der Waals surface area (Å²) in [6.45, 7) is 2.84. The maximum absolute atomic E-state index is 4.30. The third kappa shape index (κ3) is 3.21. The first-order chi connectivity index (χ1) is 8.72. The predicted molar refractivity (Wildman–Crippen MR) is 80.0 cm³/mol. The van der Waals surface area contributed by atoms with E-state index >= 15 is 0 Å². The average molecular weight is 390 g/mol. The van der Waals surface area contributed by atoms with Crippen LogP contribution in [-0.4, -0.2) is 21.5 Å². The summed E-state index contributed by atoms with van der Waals surface area (Å²) in [6, 6.07) is 3.84. The molecule has 0 atom stereocenters. The topological polar surface area (TPSA) is 50.7 Å². The Bertz CT molecular complexity index is 550. The standard InChI is InChI=1S/C11H10Br2N4S/c1-2-14-9-8(13)11(17-6-16-9)18-10-7(12)4-3-5-15-10/h3-6H,2H2,1H3,(H,14,16,17). The third-order valence-electron chi connectivity index (χ3n) is 2.02. The minimum absolute atomic E-state index is 0.794. The van der Waals surface area contributed by atoms with Crippen LogP contribution in [0.15, 0.2) is 43.7 Å². The molecule has 0 bridgehead atoms. The maximum atomic E-state index is 4.30. The number of anilines is 1. The minimum Gasteiger partial charge on any atom is -0.369 e. The molecule has 0 radical (unpaired) electrons. The molecule has 0 unspecified atom stereocenters. The largest absolute Gasteiger partial charge is 0.369 e. The highest BCUT2D eigenvalue weighted by Crippen LogP contribution is 2.36. The lowest BCUT2D eigenvalue weighted by atomic mass is 10.5. The van der Waals surface area contributed by atoms with Crippen molar-refractivity contribution in [1.29, 1.82) is 0 Å². The van der Waals surface area contributed by atoms with Gasteiger partial charge in [-0.1, -0.05) is 0 Å². The van der Waals surface area contributed by atoms with Crippen LogP contribution in [-0.2, 0) is 0 Å². The molecule has 0 aliphatic heterocycles. The fourth-order valence-electron chi connectivity index (χ4n) is 1.25. The first-order valence-electron chi connectivity index (χ1n) is 5.25. The van der Waals surface area contributed by atoms with E-state index in [2.05, 4.69) is 52.1 Å². The molecular weight excluding hydrogens is 380 g/mol. The molecule has 0 fully saturated rings. The Hall–Kier alpha value is -0.660. The maximum Gasteiger partial charge on any atom is 0.144 e. The normalized spacial score (nSPS) is 10.4. The molecule has 0 aromatic carbocycles. The van der Waals surface area contributed by atoms with Crippen LogP contribution in [0.4, 0.5) is 5.82 Å². The van der Waals surface area contributed by atoms with Gasteiger partial charge in [0.15, 0.2) is 0 Å². The smallest absolute Gasteiger partial charge is 0.144 e. The molecule has 2 rings (SSSR count). The molecule has 2 aromatic rings. The van der Waals surface area contributed by atoms with Gasteiger partial charge in [0.25, 0.3) is 0 Å². The van der Waals surface area contributed by atoms with Crippen molar-refractivity contribution in [2.24, 2.45) is 0 Å². The van der Waals surface area contributed by atoms with Gasteiger partial charge in [-0.3, -0.25) is 0 Å². The Kier molecular flexibility index (Phi) is 4.96. The number of aromatic nitrogens is 3. The monoisotopic (exact) mass is 388 g/mol. The number of halogens is 2. The van der Waals surface area contributed by atoms with E-state index in [0.29, 0.717) is 0 Å². The van der Waals surface area contributed by atoms with Gasteiger partial charge in [0, 0.05) is 12.7 Å². The highest BCUT2D eigenvalue weighted by atomic mass is 79.9. The van der Waals surface area contributed by atoms with Gasteiger partial charge in [-0.25, -0.2) is 15.0 Å². The molecule has 2 aromatic heterocycles. The van der Waals surface area contributed by atoms with Gasteiger partial charge in [-0.15, -0.1) is 0 Å². The first-order valence-corrected chi connectivity index (χ1v) is 7.65. The Labute approximate surface area is 126 Å². The van der Waals surface area contributed by atoms with Crippen LogP contribution in [0.5, 0.6) is 0 Å². The molecule has 0 amide bonds. The van der Waals surface area contributed by atoms with E-state index in [9.17, 15) is 0 Å². The lowest BCUT2D eigenvalue weighted by Crippen LogP contribution is -2.01. The molecule has 7 heteroatoms. The van der Waals surface area contributed by atoms with Crippen LogP contribution in [0.25, 0.3) is 0 Å². The van der Waals surface area contributed by atoms with Crippen molar-refractivity contribution in [3.05, 3.63) is 33.6 Å². The van der Waals surface area contributed by atoms with E-state index in [0.717, 1.165) is 31.4 Å². The SMILES string of the molecule is CCNc1ncnc(Sc2ncccc2Br)c1Br. The molecule has 0 aliphatic carbocycles. The van der Waals surface area contributed by atoms with Crippen LogP contribution >= 0.6 is 43.6 Å². The van der Waals surface area contributed by atoms with Gasteiger partial charge in [0.1, 0.15) is 22.2 Å². The zero-order chi connectivity index (χ0) is 13.0. The van der Waals surface area contributed by atoms with E-state index in [-0.39, 0.29) is 0 Å². The Balaban J connectivity index is 2.30. The molecule has 94 valence electrons. The molecule has 18 heavy (non-hydrogen) atoms. The van der Waals surface area contributed by atoms with Crippen molar-refractivity contribution in [2.75, 3.05) is 11.9 Å². The average Bonchev–Trinajstić information content (AvgIpc) is 2.37. The van der Waals surface area contributed by atoms with Gasteiger partial charge in [0.05, 0.1) is 8.95 Å². The van der Waals surface area contributed by atoms with Crippen molar-refractivity contribution >= 4 is 49.4 Å².